The van der Waals surface area contributed by atoms with Crippen LogP contribution >= 0.6 is 7.82 Å². The lowest BCUT2D eigenvalue weighted by atomic mass is 10.0. The first-order chi connectivity index (χ1) is 30.9. The van der Waals surface area contributed by atoms with Gasteiger partial charge in [-0.15, -0.1) is 0 Å². The van der Waals surface area contributed by atoms with Crippen molar-refractivity contribution >= 4 is 13.8 Å². The lowest BCUT2D eigenvalue weighted by molar-refractivity contribution is -0.154. The molecule has 0 aliphatic rings. The molecule has 2 atom stereocenters. The van der Waals surface area contributed by atoms with Crippen LogP contribution in [-0.4, -0.2) is 49.9 Å². The summed E-state index contributed by atoms with van der Waals surface area (Å²) < 4.78 is 33.6. The fourth-order valence-corrected chi connectivity index (χ4v) is 8.40. The number of carbonyl (C=O) groups excluding carboxylic acids is 1. The second-order valence-corrected chi connectivity index (χ2v) is 19.2. The van der Waals surface area contributed by atoms with Gasteiger partial charge in [-0.05, 0) is 51.4 Å². The molecule has 3 N–H and O–H groups in total. The second kappa shape index (κ2) is 51.4. The van der Waals surface area contributed by atoms with Gasteiger partial charge in [0, 0.05) is 19.6 Å². The van der Waals surface area contributed by atoms with Crippen molar-refractivity contribution in [3.05, 3.63) is 48.6 Å². The zero-order valence-electron chi connectivity index (χ0n) is 41.3. The van der Waals surface area contributed by atoms with Crippen molar-refractivity contribution in [1.82, 2.24) is 0 Å². The summed E-state index contributed by atoms with van der Waals surface area (Å²) in [5.74, 6) is -0.327. The van der Waals surface area contributed by atoms with Gasteiger partial charge in [-0.25, -0.2) is 4.57 Å². The summed E-state index contributed by atoms with van der Waals surface area (Å²) in [6.07, 6.45) is 62.9. The van der Waals surface area contributed by atoms with Crippen LogP contribution in [-0.2, 0) is 27.9 Å². The lowest BCUT2D eigenvalue weighted by Crippen LogP contribution is -2.28. The molecular weight excluding hydrogens is 806 g/mol. The van der Waals surface area contributed by atoms with Crippen molar-refractivity contribution in [3.8, 4) is 0 Å². The van der Waals surface area contributed by atoms with Crippen LogP contribution in [0.4, 0.5) is 0 Å². The molecule has 9 heteroatoms. The molecule has 0 amide bonds. The van der Waals surface area contributed by atoms with Gasteiger partial charge in [0.05, 0.1) is 19.8 Å². The average Bonchev–Trinajstić information content (AvgIpc) is 3.28. The van der Waals surface area contributed by atoms with Crippen LogP contribution < -0.4 is 5.73 Å². The molecule has 370 valence electrons. The van der Waals surface area contributed by atoms with Gasteiger partial charge in [0.1, 0.15) is 6.10 Å². The molecule has 0 bridgehead atoms. The van der Waals surface area contributed by atoms with Crippen LogP contribution in [0.2, 0.25) is 0 Å². The van der Waals surface area contributed by atoms with Crippen molar-refractivity contribution in [2.45, 2.75) is 258 Å². The molecule has 8 nitrogen and oxygen atoms in total. The maximum absolute atomic E-state index is 12.7. The quantitative estimate of drug-likeness (QED) is 0.0268. The lowest BCUT2D eigenvalue weighted by Gasteiger charge is -2.20. The summed E-state index contributed by atoms with van der Waals surface area (Å²) in [7, 11) is -4.28. The third-order valence-electron chi connectivity index (χ3n) is 11.5. The zero-order valence-corrected chi connectivity index (χ0v) is 42.2. The first-order valence-corrected chi connectivity index (χ1v) is 28.1. The topological polar surface area (TPSA) is 117 Å². The number of ether oxygens (including phenoxy) is 2. The molecule has 2 unspecified atom stereocenters. The van der Waals surface area contributed by atoms with Crippen molar-refractivity contribution in [2.75, 3.05) is 33.0 Å². The molecule has 0 aliphatic heterocycles. The van der Waals surface area contributed by atoms with Crippen molar-refractivity contribution in [3.63, 3.8) is 0 Å². The van der Waals surface area contributed by atoms with E-state index in [1.807, 2.05) is 0 Å². The number of allylic oxidation sites excluding steroid dienone is 8. The Kier molecular flexibility index (Phi) is 50.2. The standard InChI is InChI=1S/C54H102NO7P/c1-3-5-7-9-11-13-15-17-19-21-23-25-26-27-28-30-32-34-36-38-40-42-44-46-49-59-51-53(52-61-63(57,58)60-50-48-55)62-54(56)47-45-43-41-39-37-35-33-31-29-24-22-20-18-16-14-12-10-8-6-4-2/h5,7,11,13,17,19,23,25,53H,3-4,6,8-10,12,14-16,18,20-22,24,26-52,55H2,1-2H3,(H,57,58)/b7-5-,13-11-,19-17-,25-23-. The van der Waals surface area contributed by atoms with E-state index in [9.17, 15) is 14.3 Å². The number of nitrogens with two attached hydrogens (primary N) is 1. The minimum Gasteiger partial charge on any atom is -0.457 e. The van der Waals surface area contributed by atoms with Crippen LogP contribution in [0, 0.1) is 0 Å². The molecule has 0 aromatic rings. The highest BCUT2D eigenvalue weighted by Gasteiger charge is 2.25. The second-order valence-electron chi connectivity index (χ2n) is 17.7. The van der Waals surface area contributed by atoms with Gasteiger partial charge in [0.2, 0.25) is 0 Å². The monoisotopic (exact) mass is 908 g/mol. The molecule has 0 rings (SSSR count). The van der Waals surface area contributed by atoms with Gasteiger partial charge in [-0.3, -0.25) is 13.8 Å². The Labute approximate surface area is 390 Å². The summed E-state index contributed by atoms with van der Waals surface area (Å²) in [4.78, 5) is 22.6. The van der Waals surface area contributed by atoms with E-state index in [0.717, 1.165) is 57.8 Å². The van der Waals surface area contributed by atoms with Crippen LogP contribution in [0.25, 0.3) is 0 Å². The van der Waals surface area contributed by atoms with Gasteiger partial charge >= 0.3 is 13.8 Å². The van der Waals surface area contributed by atoms with E-state index in [-0.39, 0.29) is 32.3 Å². The maximum atomic E-state index is 12.7. The van der Waals surface area contributed by atoms with Crippen LogP contribution in [0.5, 0.6) is 0 Å². The largest absolute Gasteiger partial charge is 0.472 e. The normalized spacial score (nSPS) is 13.7. The fourth-order valence-electron chi connectivity index (χ4n) is 7.64. The van der Waals surface area contributed by atoms with E-state index in [1.54, 1.807) is 0 Å². The highest BCUT2D eigenvalue weighted by molar-refractivity contribution is 7.47. The number of phosphoric acid groups is 1. The van der Waals surface area contributed by atoms with Gasteiger partial charge < -0.3 is 20.1 Å². The van der Waals surface area contributed by atoms with Crippen molar-refractivity contribution < 1.29 is 32.8 Å². The number of hydrogen-bond acceptors (Lipinski definition) is 7. The number of carbonyl (C=O) groups is 1. The Bertz CT molecular complexity index is 1110. The highest BCUT2D eigenvalue weighted by Crippen LogP contribution is 2.43. The van der Waals surface area contributed by atoms with Gasteiger partial charge in [0.25, 0.3) is 0 Å². The smallest absolute Gasteiger partial charge is 0.457 e. The predicted octanol–water partition coefficient (Wildman–Crippen LogP) is 16.7. The van der Waals surface area contributed by atoms with Crippen molar-refractivity contribution in [1.29, 1.82) is 0 Å². The molecule has 0 aromatic carbocycles. The Morgan fingerprint density at radius 3 is 1.33 bits per heavy atom. The molecule has 0 saturated heterocycles. The van der Waals surface area contributed by atoms with Gasteiger partial charge in [-0.2, -0.15) is 0 Å². The highest BCUT2D eigenvalue weighted by atomic mass is 31.2. The Balaban J connectivity index is 3.90. The van der Waals surface area contributed by atoms with E-state index >= 15 is 0 Å². The minimum absolute atomic E-state index is 0.0953. The zero-order chi connectivity index (χ0) is 45.8. The molecule has 0 fully saturated rings. The third kappa shape index (κ3) is 51.3. The number of phosphoric ester groups is 1. The van der Waals surface area contributed by atoms with Crippen LogP contribution in [0.3, 0.4) is 0 Å². The molecule has 63 heavy (non-hydrogen) atoms. The number of esters is 1. The fraction of sp³-hybridized carbons (Fsp3) is 0.833. The summed E-state index contributed by atoms with van der Waals surface area (Å²) in [6.45, 7) is 4.85. The predicted molar refractivity (Wildman–Crippen MR) is 270 cm³/mol. The number of unbranched alkanes of at least 4 members (excludes halogenated alkanes) is 30. The Morgan fingerprint density at radius 2 is 0.889 bits per heavy atom. The molecule has 0 aromatic heterocycles. The first-order valence-electron chi connectivity index (χ1n) is 26.6. The molecule has 0 saturated carbocycles. The molecule has 0 aliphatic carbocycles. The molecule has 0 heterocycles. The van der Waals surface area contributed by atoms with Crippen LogP contribution in [0.15, 0.2) is 48.6 Å². The number of rotatable bonds is 51. The van der Waals surface area contributed by atoms with Crippen molar-refractivity contribution in [2.24, 2.45) is 5.73 Å². The summed E-state index contributed by atoms with van der Waals surface area (Å²) in [5, 5.41) is 0. The Morgan fingerprint density at radius 1 is 0.492 bits per heavy atom. The van der Waals surface area contributed by atoms with Gasteiger partial charge in [0.15, 0.2) is 0 Å². The third-order valence-corrected chi connectivity index (χ3v) is 12.5. The SMILES string of the molecule is CC/C=C\C/C=C\C/C=C\C/C=C\CCCCCCCCCCCCCOCC(COP(=O)(O)OCCN)OC(=O)CCCCCCCCCCCCCCCCCCCCCC. The van der Waals surface area contributed by atoms with E-state index in [2.05, 4.69) is 62.5 Å². The first kappa shape index (κ1) is 61.5. The van der Waals surface area contributed by atoms with E-state index in [1.165, 1.54) is 173 Å². The summed E-state index contributed by atoms with van der Waals surface area (Å²) in [5.41, 5.74) is 5.39. The van der Waals surface area contributed by atoms with E-state index in [0.29, 0.717) is 13.0 Å². The van der Waals surface area contributed by atoms with Crippen LogP contribution in [0.1, 0.15) is 251 Å². The minimum atomic E-state index is -4.28. The van der Waals surface area contributed by atoms with E-state index < -0.39 is 13.9 Å². The maximum Gasteiger partial charge on any atom is 0.472 e. The van der Waals surface area contributed by atoms with Gasteiger partial charge in [-0.1, -0.05) is 242 Å². The summed E-state index contributed by atoms with van der Waals surface area (Å²) >= 11 is 0. The van der Waals surface area contributed by atoms with E-state index in [4.69, 9.17) is 24.3 Å². The molecular formula is C54H102NO7P. The summed E-state index contributed by atoms with van der Waals surface area (Å²) in [6, 6.07) is 0. The average molecular weight is 908 g/mol. The Hall–Kier alpha value is -1.54. The number of hydrogen-bond donors (Lipinski definition) is 2. The molecule has 0 spiro atoms. The molecule has 0 radical (unpaired) electrons.